The highest BCUT2D eigenvalue weighted by molar-refractivity contribution is 5.59. The average molecular weight is 182 g/mol. The number of rotatable bonds is 1. The summed E-state index contributed by atoms with van der Waals surface area (Å²) >= 11 is 0. The lowest BCUT2D eigenvalue weighted by Crippen LogP contribution is -2.23. The van der Waals surface area contributed by atoms with Gasteiger partial charge in [-0.25, -0.2) is 4.58 Å². The molecule has 0 unspecified atom stereocenters. The molecule has 1 nitrogen and oxygen atoms in total. The Hall–Kier alpha value is -0.330. The highest BCUT2D eigenvalue weighted by Crippen LogP contribution is 2.22. The molecule has 0 bridgehead atoms. The molecule has 0 aromatic rings. The van der Waals surface area contributed by atoms with Gasteiger partial charge >= 0.3 is 0 Å². The fourth-order valence-corrected chi connectivity index (χ4v) is 2.12. The van der Waals surface area contributed by atoms with Gasteiger partial charge in [-0.1, -0.05) is 26.7 Å². The first kappa shape index (κ1) is 10.7. The average Bonchev–Trinajstić information content (AvgIpc) is 2.15. The standard InChI is InChI=1S/C12H24N/c1-4-13-10-8-6-5-7-9-12(2,3)11-13/h11H,4-10H2,1-3H3/q+1. The summed E-state index contributed by atoms with van der Waals surface area (Å²) in [6, 6.07) is 0. The van der Waals surface area contributed by atoms with Crippen LogP contribution in [0.1, 0.15) is 52.9 Å². The first-order valence-electron chi connectivity index (χ1n) is 5.74. The second kappa shape index (κ2) is 4.78. The lowest BCUT2D eigenvalue weighted by molar-refractivity contribution is -0.523. The normalized spacial score (nSPS) is 24.1. The predicted octanol–water partition coefficient (Wildman–Crippen LogP) is 3.08. The van der Waals surface area contributed by atoms with E-state index in [1.165, 1.54) is 45.2 Å². The van der Waals surface area contributed by atoms with E-state index in [9.17, 15) is 0 Å². The summed E-state index contributed by atoms with van der Waals surface area (Å²) in [6.45, 7) is 9.41. The molecule has 0 saturated heterocycles. The maximum Gasteiger partial charge on any atom is 0.145 e. The van der Waals surface area contributed by atoms with E-state index < -0.39 is 0 Å². The molecular weight excluding hydrogens is 158 g/mol. The molecule has 1 rings (SSSR count). The fourth-order valence-electron chi connectivity index (χ4n) is 2.12. The Kier molecular flexibility index (Phi) is 3.95. The van der Waals surface area contributed by atoms with Gasteiger partial charge in [0.05, 0.1) is 0 Å². The van der Waals surface area contributed by atoms with Crippen LogP contribution in [0.15, 0.2) is 0 Å². The van der Waals surface area contributed by atoms with E-state index in [1.807, 2.05) is 0 Å². The minimum Gasteiger partial charge on any atom is -0.239 e. The first-order chi connectivity index (χ1) is 6.14. The van der Waals surface area contributed by atoms with Gasteiger partial charge in [0, 0.05) is 11.8 Å². The summed E-state index contributed by atoms with van der Waals surface area (Å²) in [6.07, 6.45) is 9.43. The minimum absolute atomic E-state index is 0.417. The summed E-state index contributed by atoms with van der Waals surface area (Å²) < 4.78 is 2.49. The van der Waals surface area contributed by atoms with Crippen molar-refractivity contribution in [3.8, 4) is 0 Å². The monoisotopic (exact) mass is 182 g/mol. The van der Waals surface area contributed by atoms with Crippen molar-refractivity contribution >= 4 is 6.21 Å². The third-order valence-corrected chi connectivity index (χ3v) is 2.95. The van der Waals surface area contributed by atoms with E-state index in [2.05, 4.69) is 31.6 Å². The van der Waals surface area contributed by atoms with Crippen LogP contribution in [0.4, 0.5) is 0 Å². The van der Waals surface area contributed by atoms with Crippen LogP contribution in [0, 0.1) is 5.41 Å². The van der Waals surface area contributed by atoms with Gasteiger partial charge in [0.1, 0.15) is 19.3 Å². The summed E-state index contributed by atoms with van der Waals surface area (Å²) in [5.41, 5.74) is 0.417. The Morgan fingerprint density at radius 1 is 1.15 bits per heavy atom. The molecular formula is C12H24N+. The van der Waals surface area contributed by atoms with Gasteiger partial charge in [0.25, 0.3) is 0 Å². The van der Waals surface area contributed by atoms with E-state index >= 15 is 0 Å². The smallest absolute Gasteiger partial charge is 0.145 e. The Balaban J connectivity index is 2.66. The zero-order valence-electron chi connectivity index (χ0n) is 9.47. The molecule has 0 radical (unpaired) electrons. The van der Waals surface area contributed by atoms with Crippen molar-refractivity contribution < 1.29 is 4.58 Å². The summed E-state index contributed by atoms with van der Waals surface area (Å²) in [4.78, 5) is 0. The van der Waals surface area contributed by atoms with Gasteiger partial charge in [0.2, 0.25) is 0 Å². The first-order valence-corrected chi connectivity index (χ1v) is 5.74. The molecule has 1 heteroatoms. The molecule has 0 aromatic heterocycles. The fraction of sp³-hybridized carbons (Fsp3) is 0.917. The van der Waals surface area contributed by atoms with Crippen molar-refractivity contribution in [2.24, 2.45) is 5.41 Å². The zero-order valence-corrected chi connectivity index (χ0v) is 9.47. The lowest BCUT2D eigenvalue weighted by Gasteiger charge is -2.16. The molecule has 0 N–H and O–H groups in total. The maximum atomic E-state index is 2.49. The van der Waals surface area contributed by atoms with Crippen molar-refractivity contribution in [1.82, 2.24) is 0 Å². The van der Waals surface area contributed by atoms with Crippen LogP contribution in [0.3, 0.4) is 0 Å². The molecule has 0 aromatic carbocycles. The van der Waals surface area contributed by atoms with Crippen molar-refractivity contribution in [3.05, 3.63) is 0 Å². The predicted molar refractivity (Wildman–Crippen MR) is 58.6 cm³/mol. The topological polar surface area (TPSA) is 3.01 Å². The van der Waals surface area contributed by atoms with E-state index in [4.69, 9.17) is 0 Å². The lowest BCUT2D eigenvalue weighted by atomic mass is 9.88. The zero-order chi connectivity index (χ0) is 9.73. The Bertz CT molecular complexity index is 180. The van der Waals surface area contributed by atoms with E-state index in [0.717, 1.165) is 0 Å². The van der Waals surface area contributed by atoms with E-state index in [-0.39, 0.29) is 0 Å². The van der Waals surface area contributed by atoms with Crippen LogP contribution >= 0.6 is 0 Å². The Labute approximate surface area is 82.9 Å². The second-order valence-electron chi connectivity index (χ2n) is 4.91. The van der Waals surface area contributed by atoms with Crippen LogP contribution in [0.25, 0.3) is 0 Å². The van der Waals surface area contributed by atoms with Gasteiger partial charge in [-0.15, -0.1) is 0 Å². The van der Waals surface area contributed by atoms with Gasteiger partial charge in [-0.3, -0.25) is 0 Å². The molecule has 0 fully saturated rings. The quantitative estimate of drug-likeness (QED) is 0.548. The Morgan fingerprint density at radius 2 is 1.85 bits per heavy atom. The minimum atomic E-state index is 0.417. The number of nitrogens with zero attached hydrogens (tertiary/aromatic N) is 1. The van der Waals surface area contributed by atoms with Crippen LogP contribution < -0.4 is 0 Å². The van der Waals surface area contributed by atoms with Crippen molar-refractivity contribution in [1.29, 1.82) is 0 Å². The molecule has 0 saturated carbocycles. The second-order valence-corrected chi connectivity index (χ2v) is 4.91. The maximum absolute atomic E-state index is 2.49. The van der Waals surface area contributed by atoms with Crippen LogP contribution in [-0.2, 0) is 0 Å². The Morgan fingerprint density at radius 3 is 2.54 bits per heavy atom. The van der Waals surface area contributed by atoms with Crippen molar-refractivity contribution in [2.75, 3.05) is 13.1 Å². The number of hydrogen-bond acceptors (Lipinski definition) is 0. The largest absolute Gasteiger partial charge is 0.239 e. The van der Waals surface area contributed by atoms with Crippen molar-refractivity contribution in [3.63, 3.8) is 0 Å². The van der Waals surface area contributed by atoms with Crippen LogP contribution in [0.5, 0.6) is 0 Å². The molecule has 1 heterocycles. The van der Waals surface area contributed by atoms with Gasteiger partial charge < -0.3 is 0 Å². The SMILES string of the molecule is CC[N+]1=CC(C)(C)CCCCCC1. The molecule has 0 atom stereocenters. The van der Waals surface area contributed by atoms with Gasteiger partial charge in [0.15, 0.2) is 0 Å². The molecule has 13 heavy (non-hydrogen) atoms. The third-order valence-electron chi connectivity index (χ3n) is 2.95. The molecule has 76 valence electrons. The molecule has 0 amide bonds. The van der Waals surface area contributed by atoms with Gasteiger partial charge in [-0.2, -0.15) is 0 Å². The summed E-state index contributed by atoms with van der Waals surface area (Å²) in [5.74, 6) is 0. The molecule has 0 spiro atoms. The highest BCUT2D eigenvalue weighted by Gasteiger charge is 2.21. The molecule has 0 aliphatic carbocycles. The molecule has 1 aliphatic heterocycles. The van der Waals surface area contributed by atoms with Gasteiger partial charge in [-0.05, 0) is 19.8 Å². The van der Waals surface area contributed by atoms with Crippen LogP contribution in [0.2, 0.25) is 0 Å². The number of hydrogen-bond donors (Lipinski definition) is 0. The summed E-state index contributed by atoms with van der Waals surface area (Å²) in [7, 11) is 0. The highest BCUT2D eigenvalue weighted by atomic mass is 15.0. The van der Waals surface area contributed by atoms with Crippen molar-refractivity contribution in [2.45, 2.75) is 52.9 Å². The van der Waals surface area contributed by atoms with E-state index in [1.54, 1.807) is 0 Å². The molecule has 1 aliphatic rings. The van der Waals surface area contributed by atoms with E-state index in [0.29, 0.717) is 5.41 Å². The summed E-state index contributed by atoms with van der Waals surface area (Å²) in [5, 5.41) is 0. The third kappa shape index (κ3) is 3.93. The van der Waals surface area contributed by atoms with Crippen LogP contribution in [-0.4, -0.2) is 23.9 Å².